The van der Waals surface area contributed by atoms with Crippen LogP contribution in [0, 0.1) is 15.9 Å². The maximum absolute atomic E-state index is 13.0. The number of nitrogens with zero attached hydrogens (tertiary/aromatic N) is 1. The maximum atomic E-state index is 13.0. The molecule has 0 heterocycles. The molecular formula is C8H4ClF4NO3. The number of hydrogen-bond acceptors (Lipinski definition) is 3. The van der Waals surface area contributed by atoms with Crippen LogP contribution in [0.15, 0.2) is 12.1 Å². The molecule has 9 heteroatoms. The molecule has 0 unspecified atom stereocenters. The normalized spacial score (nSPS) is 11.4. The van der Waals surface area contributed by atoms with Crippen molar-refractivity contribution in [2.24, 2.45) is 0 Å². The summed E-state index contributed by atoms with van der Waals surface area (Å²) in [6.07, 6.45) is -4.61. The lowest BCUT2D eigenvalue weighted by molar-refractivity contribution is -0.387. The molecule has 0 atom stereocenters. The fourth-order valence-electron chi connectivity index (χ4n) is 0.928. The minimum absolute atomic E-state index is 0.437. The molecule has 17 heavy (non-hydrogen) atoms. The highest BCUT2D eigenvalue weighted by Crippen LogP contribution is 2.32. The number of rotatable bonds is 3. The quantitative estimate of drug-likeness (QED) is 0.482. The van der Waals surface area contributed by atoms with E-state index >= 15 is 0 Å². The highest BCUT2D eigenvalue weighted by molar-refractivity contribution is 6.32. The molecule has 4 nitrogen and oxygen atoms in total. The Balaban J connectivity index is 2.96. The first-order chi connectivity index (χ1) is 7.70. The van der Waals surface area contributed by atoms with E-state index in [-0.39, 0.29) is 0 Å². The van der Waals surface area contributed by atoms with Gasteiger partial charge in [-0.2, -0.15) is 17.6 Å². The Morgan fingerprint density at radius 2 is 2.00 bits per heavy atom. The number of halogens is 5. The molecule has 0 aromatic heterocycles. The molecule has 0 aliphatic heterocycles. The summed E-state index contributed by atoms with van der Waals surface area (Å²) in [6, 6.07) is 1.02. The molecule has 0 bridgehead atoms. The van der Waals surface area contributed by atoms with Crippen LogP contribution in [0.2, 0.25) is 5.02 Å². The van der Waals surface area contributed by atoms with Crippen molar-refractivity contribution in [2.45, 2.75) is 6.18 Å². The molecule has 0 fully saturated rings. The molecule has 0 saturated carbocycles. The Bertz CT molecular complexity index is 449. The molecule has 1 aromatic rings. The first-order valence-corrected chi connectivity index (χ1v) is 4.41. The summed E-state index contributed by atoms with van der Waals surface area (Å²) in [6.45, 7) is -1.66. The third-order valence-electron chi connectivity index (χ3n) is 1.59. The molecule has 0 radical (unpaired) electrons. The molecule has 0 saturated heterocycles. The van der Waals surface area contributed by atoms with Crippen molar-refractivity contribution in [2.75, 3.05) is 6.61 Å². The van der Waals surface area contributed by atoms with E-state index in [4.69, 9.17) is 11.6 Å². The average molecular weight is 274 g/mol. The van der Waals surface area contributed by atoms with Crippen molar-refractivity contribution >= 4 is 17.3 Å². The second-order valence-electron chi connectivity index (χ2n) is 2.90. The van der Waals surface area contributed by atoms with Crippen LogP contribution in [0.4, 0.5) is 23.2 Å². The van der Waals surface area contributed by atoms with Crippen LogP contribution in [-0.2, 0) is 0 Å². The van der Waals surface area contributed by atoms with Gasteiger partial charge in [0, 0.05) is 12.1 Å². The third-order valence-corrected chi connectivity index (χ3v) is 1.88. The van der Waals surface area contributed by atoms with Crippen molar-refractivity contribution in [3.8, 4) is 5.75 Å². The second kappa shape index (κ2) is 4.74. The first-order valence-electron chi connectivity index (χ1n) is 4.03. The van der Waals surface area contributed by atoms with Gasteiger partial charge in [-0.25, -0.2) is 0 Å². The predicted molar refractivity (Wildman–Crippen MR) is 49.6 cm³/mol. The topological polar surface area (TPSA) is 52.4 Å². The summed E-state index contributed by atoms with van der Waals surface area (Å²) in [5.74, 6) is -1.93. The van der Waals surface area contributed by atoms with Crippen LogP contribution < -0.4 is 4.74 Å². The van der Waals surface area contributed by atoms with Gasteiger partial charge in [-0.3, -0.25) is 10.1 Å². The lowest BCUT2D eigenvalue weighted by Crippen LogP contribution is -2.19. The van der Waals surface area contributed by atoms with Gasteiger partial charge in [0.2, 0.25) is 5.82 Å². The minimum Gasteiger partial charge on any atom is -0.482 e. The summed E-state index contributed by atoms with van der Waals surface area (Å²) >= 11 is 5.41. The van der Waals surface area contributed by atoms with E-state index in [9.17, 15) is 27.7 Å². The average Bonchev–Trinajstić information content (AvgIpc) is 2.17. The van der Waals surface area contributed by atoms with Crippen molar-refractivity contribution in [3.63, 3.8) is 0 Å². The Kier molecular flexibility index (Phi) is 3.76. The van der Waals surface area contributed by atoms with Crippen LogP contribution >= 0.6 is 11.6 Å². The van der Waals surface area contributed by atoms with Crippen molar-refractivity contribution in [1.82, 2.24) is 0 Å². The Hall–Kier alpha value is -1.57. The van der Waals surface area contributed by atoms with Gasteiger partial charge >= 0.3 is 11.9 Å². The van der Waals surface area contributed by atoms with E-state index in [0.717, 1.165) is 0 Å². The van der Waals surface area contributed by atoms with Gasteiger partial charge in [0.15, 0.2) is 6.61 Å². The summed E-state index contributed by atoms with van der Waals surface area (Å²) < 4.78 is 52.7. The molecular weight excluding hydrogens is 270 g/mol. The Morgan fingerprint density at radius 1 is 1.41 bits per heavy atom. The van der Waals surface area contributed by atoms with Crippen LogP contribution in [0.1, 0.15) is 0 Å². The zero-order chi connectivity index (χ0) is 13.2. The molecule has 0 aliphatic carbocycles. The van der Waals surface area contributed by atoms with Crippen LogP contribution in [0.3, 0.4) is 0 Å². The number of benzene rings is 1. The second-order valence-corrected chi connectivity index (χ2v) is 3.30. The van der Waals surface area contributed by atoms with Crippen LogP contribution in [0.25, 0.3) is 0 Å². The fourth-order valence-corrected chi connectivity index (χ4v) is 1.14. The third kappa shape index (κ3) is 3.74. The van der Waals surface area contributed by atoms with Gasteiger partial charge in [-0.1, -0.05) is 11.6 Å². The zero-order valence-corrected chi connectivity index (χ0v) is 8.68. The van der Waals surface area contributed by atoms with E-state index < -0.39 is 40.0 Å². The molecule has 0 spiro atoms. The molecule has 94 valence electrons. The van der Waals surface area contributed by atoms with Gasteiger partial charge in [-0.15, -0.1) is 0 Å². The van der Waals surface area contributed by atoms with Gasteiger partial charge in [-0.05, 0) is 0 Å². The minimum atomic E-state index is -4.61. The number of nitro groups is 1. The number of nitro benzene ring substituents is 1. The molecule has 0 amide bonds. The maximum Gasteiger partial charge on any atom is 0.422 e. The Morgan fingerprint density at radius 3 is 2.47 bits per heavy atom. The van der Waals surface area contributed by atoms with Gasteiger partial charge in [0.1, 0.15) is 5.75 Å². The first kappa shape index (κ1) is 13.5. The van der Waals surface area contributed by atoms with Gasteiger partial charge < -0.3 is 4.74 Å². The standard InChI is InChI=1S/C8H4ClF4NO3/c9-4-1-6(14(15)16)5(10)2-7(4)17-3-8(11,12)13/h1-2H,3H2. The molecule has 0 aliphatic rings. The highest BCUT2D eigenvalue weighted by atomic mass is 35.5. The van der Waals surface area contributed by atoms with E-state index in [0.29, 0.717) is 12.1 Å². The molecule has 1 aromatic carbocycles. The van der Waals surface area contributed by atoms with Crippen molar-refractivity contribution in [3.05, 3.63) is 33.1 Å². The largest absolute Gasteiger partial charge is 0.482 e. The summed E-state index contributed by atoms with van der Waals surface area (Å²) in [5.41, 5.74) is -0.936. The van der Waals surface area contributed by atoms with Crippen molar-refractivity contribution < 1.29 is 27.2 Å². The van der Waals surface area contributed by atoms with Gasteiger partial charge in [0.05, 0.1) is 9.95 Å². The molecule has 0 N–H and O–H groups in total. The number of ether oxygens (including phenoxy) is 1. The van der Waals surface area contributed by atoms with Crippen molar-refractivity contribution in [1.29, 1.82) is 0 Å². The van der Waals surface area contributed by atoms with E-state index in [1.165, 1.54) is 0 Å². The lowest BCUT2D eigenvalue weighted by Gasteiger charge is -2.10. The highest BCUT2D eigenvalue weighted by Gasteiger charge is 2.29. The van der Waals surface area contributed by atoms with Crippen LogP contribution in [0.5, 0.6) is 5.75 Å². The lowest BCUT2D eigenvalue weighted by atomic mass is 10.3. The van der Waals surface area contributed by atoms with Gasteiger partial charge in [0.25, 0.3) is 0 Å². The van der Waals surface area contributed by atoms with Crippen LogP contribution in [-0.4, -0.2) is 17.7 Å². The van der Waals surface area contributed by atoms with E-state index in [2.05, 4.69) is 4.74 Å². The number of alkyl halides is 3. The zero-order valence-electron chi connectivity index (χ0n) is 7.92. The van der Waals surface area contributed by atoms with E-state index in [1.54, 1.807) is 0 Å². The summed E-state index contributed by atoms with van der Waals surface area (Å²) in [5, 5.41) is 9.82. The van der Waals surface area contributed by atoms with E-state index in [1.807, 2.05) is 0 Å². The molecule has 1 rings (SSSR count). The summed E-state index contributed by atoms with van der Waals surface area (Å²) in [7, 11) is 0. The Labute approximate surface area is 96.9 Å². The smallest absolute Gasteiger partial charge is 0.422 e. The predicted octanol–water partition coefficient (Wildman–Crippen LogP) is 3.33. The number of hydrogen-bond donors (Lipinski definition) is 0. The monoisotopic (exact) mass is 273 g/mol. The fraction of sp³-hybridized carbons (Fsp3) is 0.250. The SMILES string of the molecule is O=[N+]([O-])c1cc(Cl)c(OCC(F)(F)F)cc1F. The summed E-state index contributed by atoms with van der Waals surface area (Å²) in [4.78, 5) is 9.24.